The molecule has 0 unspecified atom stereocenters. The number of fused-ring (bicyclic) bond motifs is 1. The number of anilines is 1. The van der Waals surface area contributed by atoms with Gasteiger partial charge in [0.15, 0.2) is 6.04 Å². The van der Waals surface area contributed by atoms with Crippen LogP contribution in [0.25, 0.3) is 0 Å². The molecule has 0 saturated heterocycles. The number of hydrogen-bond acceptors (Lipinski definition) is 4. The number of hydrogen-bond donors (Lipinski definition) is 0. The number of alkyl halides is 3. The number of rotatable bonds is 1. The van der Waals surface area contributed by atoms with Gasteiger partial charge in [0.2, 0.25) is 5.76 Å². The predicted molar refractivity (Wildman–Crippen MR) is 64.9 cm³/mol. The van der Waals surface area contributed by atoms with Crippen LogP contribution < -0.4 is 4.90 Å². The molecule has 0 spiro atoms. The summed E-state index contributed by atoms with van der Waals surface area (Å²) in [7, 11) is 0. The Bertz CT molecular complexity index is 676. The monoisotopic (exact) mass is 300 g/mol. The zero-order chi connectivity index (χ0) is 15.2. The number of carbonyl (C=O) groups excluding carboxylic acids is 1. The summed E-state index contributed by atoms with van der Waals surface area (Å²) in [5, 5.41) is 7.30. The van der Waals surface area contributed by atoms with Crippen molar-refractivity contribution in [1.82, 2.24) is 14.9 Å². The van der Waals surface area contributed by atoms with E-state index < -0.39 is 18.1 Å². The van der Waals surface area contributed by atoms with E-state index in [-0.39, 0.29) is 24.5 Å². The van der Waals surface area contributed by atoms with Gasteiger partial charge in [0.1, 0.15) is 5.82 Å². The molecule has 2 aromatic rings. The van der Waals surface area contributed by atoms with Gasteiger partial charge in [0.25, 0.3) is 5.91 Å². The molecule has 9 heteroatoms. The summed E-state index contributed by atoms with van der Waals surface area (Å²) >= 11 is 0. The lowest BCUT2D eigenvalue weighted by molar-refractivity contribution is -0.172. The molecule has 0 N–H and O–H groups in total. The van der Waals surface area contributed by atoms with Crippen LogP contribution in [0.5, 0.6) is 0 Å². The van der Waals surface area contributed by atoms with Gasteiger partial charge in [-0.2, -0.15) is 18.3 Å². The van der Waals surface area contributed by atoms with Gasteiger partial charge in [-0.15, -0.1) is 0 Å². The Morgan fingerprint density at radius 3 is 2.86 bits per heavy atom. The first-order chi connectivity index (χ1) is 9.88. The average molecular weight is 300 g/mol. The van der Waals surface area contributed by atoms with Gasteiger partial charge in [-0.25, -0.2) is 4.68 Å². The molecule has 3 heterocycles. The minimum Gasteiger partial charge on any atom is -0.351 e. The van der Waals surface area contributed by atoms with Crippen LogP contribution in [0.2, 0.25) is 0 Å². The molecule has 1 atom stereocenters. The largest absolute Gasteiger partial charge is 0.410 e. The SMILES string of the molecule is Cc1cc(C(=O)N2CC[C@@H](C(F)(F)F)n3nccc32)on1. The fraction of sp³-hybridized carbons (Fsp3) is 0.417. The van der Waals surface area contributed by atoms with Crippen LogP contribution in [0.15, 0.2) is 22.9 Å². The number of halogens is 3. The van der Waals surface area contributed by atoms with Crippen molar-refractivity contribution in [2.24, 2.45) is 0 Å². The molecule has 0 bridgehead atoms. The normalized spacial score (nSPS) is 18.7. The Kier molecular flexibility index (Phi) is 2.99. The molecular weight excluding hydrogens is 289 g/mol. The molecule has 1 aliphatic heterocycles. The minimum absolute atomic E-state index is 0.00860. The molecule has 1 amide bonds. The summed E-state index contributed by atoms with van der Waals surface area (Å²) in [6.07, 6.45) is -3.42. The number of aromatic nitrogens is 3. The number of nitrogens with zero attached hydrogens (tertiary/aromatic N) is 4. The predicted octanol–water partition coefficient (Wildman–Crippen LogP) is 2.33. The summed E-state index contributed by atoms with van der Waals surface area (Å²) in [6.45, 7) is 1.59. The Morgan fingerprint density at radius 2 is 2.24 bits per heavy atom. The molecule has 112 valence electrons. The fourth-order valence-corrected chi connectivity index (χ4v) is 2.35. The maximum Gasteiger partial charge on any atom is 0.410 e. The van der Waals surface area contributed by atoms with Crippen molar-refractivity contribution in [3.63, 3.8) is 0 Å². The standard InChI is InChI=1S/C12H11F3N4O2/c1-7-6-8(21-17-7)11(20)18-5-3-9(12(13,14)15)19-10(18)2-4-16-19/h2,4,6,9H,3,5H2,1H3/t9-/m0/s1. The van der Waals surface area contributed by atoms with E-state index in [0.29, 0.717) is 5.69 Å². The zero-order valence-electron chi connectivity index (χ0n) is 11.0. The third kappa shape index (κ3) is 2.28. The topological polar surface area (TPSA) is 64.2 Å². The van der Waals surface area contributed by atoms with Gasteiger partial charge in [0.05, 0.1) is 11.9 Å². The lowest BCUT2D eigenvalue weighted by Crippen LogP contribution is -2.43. The van der Waals surface area contributed by atoms with Crippen molar-refractivity contribution in [1.29, 1.82) is 0 Å². The molecule has 21 heavy (non-hydrogen) atoms. The lowest BCUT2D eigenvalue weighted by Gasteiger charge is -2.33. The van der Waals surface area contributed by atoms with E-state index in [1.165, 1.54) is 23.2 Å². The van der Waals surface area contributed by atoms with Gasteiger partial charge in [-0.1, -0.05) is 5.16 Å². The molecule has 0 saturated carbocycles. The van der Waals surface area contributed by atoms with E-state index in [0.717, 1.165) is 4.68 Å². The third-order valence-corrected chi connectivity index (χ3v) is 3.31. The molecule has 0 fully saturated rings. The first kappa shape index (κ1) is 13.7. The van der Waals surface area contributed by atoms with Crippen LogP contribution in [0.3, 0.4) is 0 Å². The maximum absolute atomic E-state index is 13.0. The zero-order valence-corrected chi connectivity index (χ0v) is 11.0. The highest BCUT2D eigenvalue weighted by Gasteiger charge is 2.46. The molecule has 0 aromatic carbocycles. The molecule has 1 aliphatic rings. The minimum atomic E-state index is -4.40. The van der Waals surface area contributed by atoms with Gasteiger partial charge in [0, 0.05) is 18.7 Å². The third-order valence-electron chi connectivity index (χ3n) is 3.31. The van der Waals surface area contributed by atoms with Crippen LogP contribution in [-0.2, 0) is 0 Å². The quantitative estimate of drug-likeness (QED) is 0.811. The van der Waals surface area contributed by atoms with E-state index in [2.05, 4.69) is 10.3 Å². The smallest absolute Gasteiger partial charge is 0.351 e. The van der Waals surface area contributed by atoms with Crippen molar-refractivity contribution >= 4 is 11.7 Å². The van der Waals surface area contributed by atoms with Crippen molar-refractivity contribution in [2.45, 2.75) is 25.6 Å². The summed E-state index contributed by atoms with van der Waals surface area (Å²) in [6, 6.07) is 1.10. The Balaban J connectivity index is 1.94. The van der Waals surface area contributed by atoms with Crippen molar-refractivity contribution in [3.05, 3.63) is 29.8 Å². The van der Waals surface area contributed by atoms with Crippen molar-refractivity contribution in [2.75, 3.05) is 11.4 Å². The second kappa shape index (κ2) is 4.61. The highest BCUT2D eigenvalue weighted by molar-refractivity contribution is 6.03. The van der Waals surface area contributed by atoms with Crippen LogP contribution >= 0.6 is 0 Å². The first-order valence-corrected chi connectivity index (χ1v) is 6.23. The van der Waals surface area contributed by atoms with Crippen LogP contribution in [0, 0.1) is 6.92 Å². The summed E-state index contributed by atoms with van der Waals surface area (Å²) in [5.41, 5.74) is 0.525. The number of carbonyl (C=O) groups is 1. The van der Waals surface area contributed by atoms with Gasteiger partial charge < -0.3 is 4.52 Å². The van der Waals surface area contributed by atoms with E-state index >= 15 is 0 Å². The molecule has 0 aliphatic carbocycles. The Hall–Kier alpha value is -2.32. The van der Waals surface area contributed by atoms with E-state index in [4.69, 9.17) is 4.52 Å². The number of aryl methyl sites for hydroxylation is 1. The summed E-state index contributed by atoms with van der Waals surface area (Å²) < 4.78 is 44.6. The Labute approximate surface area is 117 Å². The van der Waals surface area contributed by atoms with Gasteiger partial charge >= 0.3 is 6.18 Å². The van der Waals surface area contributed by atoms with Crippen LogP contribution in [0.1, 0.15) is 28.7 Å². The van der Waals surface area contributed by atoms with Crippen molar-refractivity contribution < 1.29 is 22.5 Å². The van der Waals surface area contributed by atoms with Crippen molar-refractivity contribution in [3.8, 4) is 0 Å². The van der Waals surface area contributed by atoms with Crippen LogP contribution in [0.4, 0.5) is 19.0 Å². The van der Waals surface area contributed by atoms with E-state index in [1.807, 2.05) is 0 Å². The number of amides is 1. The average Bonchev–Trinajstić information content (AvgIpc) is 3.03. The Morgan fingerprint density at radius 1 is 1.48 bits per heavy atom. The van der Waals surface area contributed by atoms with E-state index in [1.54, 1.807) is 6.92 Å². The maximum atomic E-state index is 13.0. The molecule has 6 nitrogen and oxygen atoms in total. The van der Waals surface area contributed by atoms with Gasteiger partial charge in [-0.3, -0.25) is 9.69 Å². The molecule has 2 aromatic heterocycles. The molecular formula is C12H11F3N4O2. The second-order valence-corrected chi connectivity index (χ2v) is 4.77. The highest BCUT2D eigenvalue weighted by Crippen LogP contribution is 2.39. The van der Waals surface area contributed by atoms with Gasteiger partial charge in [-0.05, 0) is 13.3 Å². The summed E-state index contributed by atoms with van der Waals surface area (Å²) in [5.74, 6) is -0.439. The lowest BCUT2D eigenvalue weighted by atomic mass is 10.1. The summed E-state index contributed by atoms with van der Waals surface area (Å²) in [4.78, 5) is 13.5. The molecule has 3 rings (SSSR count). The molecule has 0 radical (unpaired) electrons. The first-order valence-electron chi connectivity index (χ1n) is 6.23. The van der Waals surface area contributed by atoms with Crippen LogP contribution in [-0.4, -0.2) is 33.6 Å². The highest BCUT2D eigenvalue weighted by atomic mass is 19.4. The fourth-order valence-electron chi connectivity index (χ4n) is 2.35. The second-order valence-electron chi connectivity index (χ2n) is 4.77. The van der Waals surface area contributed by atoms with E-state index in [9.17, 15) is 18.0 Å².